The van der Waals surface area contributed by atoms with E-state index in [0.717, 1.165) is 19.3 Å². The summed E-state index contributed by atoms with van der Waals surface area (Å²) in [5, 5.41) is 0. The molecule has 1 atom stereocenters. The Morgan fingerprint density at radius 2 is 2.08 bits per heavy atom. The van der Waals surface area contributed by atoms with E-state index >= 15 is 0 Å². The molecule has 1 unspecified atom stereocenters. The molecule has 0 rings (SSSR count). The van der Waals surface area contributed by atoms with Gasteiger partial charge < -0.3 is 11.5 Å². The maximum atomic E-state index is 10.9. The fourth-order valence-corrected chi connectivity index (χ4v) is 0.954. The highest BCUT2D eigenvalue weighted by atomic mass is 16.1. The lowest BCUT2D eigenvalue weighted by Gasteiger charge is -2.10. The van der Waals surface area contributed by atoms with Crippen molar-refractivity contribution in [3.05, 3.63) is 11.6 Å². The van der Waals surface area contributed by atoms with Crippen molar-refractivity contribution in [2.75, 3.05) is 0 Å². The number of hydrogen-bond donors (Lipinski definition) is 2. The SMILES string of the molecule is CCCC=C(C(N)=O)C(N)CC. The standard InChI is InChI=1S/C9H18N2O/c1-3-5-6-7(9(11)12)8(10)4-2/h6,8H,3-5,10H2,1-2H3,(H2,11,12). The van der Waals surface area contributed by atoms with Crippen molar-refractivity contribution in [1.82, 2.24) is 0 Å². The predicted octanol–water partition coefficient (Wildman–Crippen LogP) is 0.935. The van der Waals surface area contributed by atoms with Crippen molar-refractivity contribution < 1.29 is 4.79 Å². The number of rotatable bonds is 5. The molecule has 0 heterocycles. The summed E-state index contributed by atoms with van der Waals surface area (Å²) in [7, 11) is 0. The first kappa shape index (κ1) is 11.2. The van der Waals surface area contributed by atoms with E-state index in [1.165, 1.54) is 0 Å². The van der Waals surface area contributed by atoms with Gasteiger partial charge in [0.15, 0.2) is 0 Å². The maximum Gasteiger partial charge on any atom is 0.245 e. The third kappa shape index (κ3) is 3.53. The molecule has 0 saturated carbocycles. The summed E-state index contributed by atoms with van der Waals surface area (Å²) in [6.45, 7) is 3.99. The number of hydrogen-bond acceptors (Lipinski definition) is 2. The molecule has 12 heavy (non-hydrogen) atoms. The van der Waals surface area contributed by atoms with Gasteiger partial charge in [-0.15, -0.1) is 0 Å². The Kier molecular flexibility index (Phi) is 5.37. The lowest BCUT2D eigenvalue weighted by atomic mass is 10.0. The summed E-state index contributed by atoms with van der Waals surface area (Å²) in [6, 6.07) is -0.200. The van der Waals surface area contributed by atoms with E-state index in [4.69, 9.17) is 11.5 Å². The summed E-state index contributed by atoms with van der Waals surface area (Å²) >= 11 is 0. The van der Waals surface area contributed by atoms with Gasteiger partial charge in [-0.05, 0) is 12.8 Å². The van der Waals surface area contributed by atoms with Crippen LogP contribution in [0, 0.1) is 0 Å². The molecular weight excluding hydrogens is 152 g/mol. The van der Waals surface area contributed by atoms with Gasteiger partial charge >= 0.3 is 0 Å². The number of primary amides is 1. The monoisotopic (exact) mass is 170 g/mol. The highest BCUT2D eigenvalue weighted by Gasteiger charge is 2.11. The Hall–Kier alpha value is -0.830. The number of unbranched alkanes of at least 4 members (excludes halogenated alkanes) is 1. The zero-order valence-electron chi connectivity index (χ0n) is 7.84. The molecule has 3 nitrogen and oxygen atoms in total. The molecule has 0 aromatic rings. The Bertz CT molecular complexity index is 175. The van der Waals surface area contributed by atoms with Crippen molar-refractivity contribution in [3.63, 3.8) is 0 Å². The fourth-order valence-electron chi connectivity index (χ4n) is 0.954. The summed E-state index contributed by atoms with van der Waals surface area (Å²) < 4.78 is 0. The Labute approximate surface area is 73.8 Å². The van der Waals surface area contributed by atoms with E-state index in [-0.39, 0.29) is 6.04 Å². The smallest absolute Gasteiger partial charge is 0.245 e. The first-order chi connectivity index (χ1) is 5.63. The molecule has 0 aliphatic carbocycles. The van der Waals surface area contributed by atoms with Crippen LogP contribution in [0.5, 0.6) is 0 Å². The molecular formula is C9H18N2O. The Morgan fingerprint density at radius 3 is 2.42 bits per heavy atom. The molecule has 0 bridgehead atoms. The minimum Gasteiger partial charge on any atom is -0.366 e. The number of allylic oxidation sites excluding steroid dienone is 1. The third-order valence-corrected chi connectivity index (χ3v) is 1.78. The number of amides is 1. The lowest BCUT2D eigenvalue weighted by molar-refractivity contribution is -0.114. The topological polar surface area (TPSA) is 69.1 Å². The second-order valence-electron chi connectivity index (χ2n) is 2.83. The molecule has 0 saturated heterocycles. The second-order valence-corrected chi connectivity index (χ2v) is 2.83. The van der Waals surface area contributed by atoms with Crippen LogP contribution in [0.4, 0.5) is 0 Å². The molecule has 0 aromatic carbocycles. The summed E-state index contributed by atoms with van der Waals surface area (Å²) in [5.74, 6) is -0.391. The van der Waals surface area contributed by atoms with Gasteiger partial charge in [0, 0.05) is 11.6 Å². The quantitative estimate of drug-likeness (QED) is 0.603. The second kappa shape index (κ2) is 5.77. The molecule has 1 amide bonds. The van der Waals surface area contributed by atoms with Gasteiger partial charge in [0.05, 0.1) is 0 Å². The molecule has 4 N–H and O–H groups in total. The van der Waals surface area contributed by atoms with E-state index in [0.29, 0.717) is 5.57 Å². The molecule has 0 aliphatic heterocycles. The Morgan fingerprint density at radius 1 is 1.50 bits per heavy atom. The highest BCUT2D eigenvalue weighted by Crippen LogP contribution is 2.05. The van der Waals surface area contributed by atoms with Crippen LogP contribution in [0.1, 0.15) is 33.1 Å². The van der Waals surface area contributed by atoms with Crippen molar-refractivity contribution in [2.24, 2.45) is 11.5 Å². The molecule has 70 valence electrons. The van der Waals surface area contributed by atoms with Crippen LogP contribution in [-0.2, 0) is 4.79 Å². The molecule has 3 heteroatoms. The van der Waals surface area contributed by atoms with Crippen LogP contribution in [0.3, 0.4) is 0 Å². The average Bonchev–Trinajstić information content (AvgIpc) is 2.04. The summed E-state index contributed by atoms with van der Waals surface area (Å²) in [4.78, 5) is 10.9. The molecule has 0 fully saturated rings. The van der Waals surface area contributed by atoms with E-state index in [9.17, 15) is 4.79 Å². The van der Waals surface area contributed by atoms with Gasteiger partial charge in [-0.3, -0.25) is 4.79 Å². The number of carbonyl (C=O) groups excluding carboxylic acids is 1. The summed E-state index contributed by atoms with van der Waals surface area (Å²) in [6.07, 6.45) is 4.47. The van der Waals surface area contributed by atoms with E-state index in [1.807, 2.05) is 19.9 Å². The number of carbonyl (C=O) groups is 1. The van der Waals surface area contributed by atoms with E-state index in [1.54, 1.807) is 0 Å². The lowest BCUT2D eigenvalue weighted by Crippen LogP contribution is -2.30. The minimum absolute atomic E-state index is 0.200. The van der Waals surface area contributed by atoms with Crippen LogP contribution < -0.4 is 11.5 Å². The van der Waals surface area contributed by atoms with E-state index < -0.39 is 5.91 Å². The minimum atomic E-state index is -0.391. The summed E-state index contributed by atoms with van der Waals surface area (Å²) in [5.41, 5.74) is 11.4. The van der Waals surface area contributed by atoms with Crippen molar-refractivity contribution in [1.29, 1.82) is 0 Å². The first-order valence-electron chi connectivity index (χ1n) is 4.38. The zero-order chi connectivity index (χ0) is 9.56. The van der Waals surface area contributed by atoms with Crippen LogP contribution in [0.2, 0.25) is 0 Å². The van der Waals surface area contributed by atoms with Gasteiger partial charge in [-0.2, -0.15) is 0 Å². The fraction of sp³-hybridized carbons (Fsp3) is 0.667. The van der Waals surface area contributed by atoms with Crippen LogP contribution in [-0.4, -0.2) is 11.9 Å². The Balaban J connectivity index is 4.32. The largest absolute Gasteiger partial charge is 0.366 e. The van der Waals surface area contributed by atoms with Crippen LogP contribution in [0.15, 0.2) is 11.6 Å². The van der Waals surface area contributed by atoms with Gasteiger partial charge in [0.1, 0.15) is 0 Å². The van der Waals surface area contributed by atoms with Crippen molar-refractivity contribution in [3.8, 4) is 0 Å². The molecule has 0 spiro atoms. The van der Waals surface area contributed by atoms with Crippen LogP contribution >= 0.6 is 0 Å². The van der Waals surface area contributed by atoms with Gasteiger partial charge in [-0.1, -0.05) is 26.3 Å². The first-order valence-corrected chi connectivity index (χ1v) is 4.38. The average molecular weight is 170 g/mol. The van der Waals surface area contributed by atoms with Gasteiger partial charge in [0.2, 0.25) is 5.91 Å². The highest BCUT2D eigenvalue weighted by molar-refractivity contribution is 5.93. The molecule has 0 radical (unpaired) electrons. The predicted molar refractivity (Wildman–Crippen MR) is 50.5 cm³/mol. The van der Waals surface area contributed by atoms with Crippen molar-refractivity contribution in [2.45, 2.75) is 39.2 Å². The number of nitrogens with two attached hydrogens (primary N) is 2. The molecule has 0 aromatic heterocycles. The van der Waals surface area contributed by atoms with Crippen LogP contribution in [0.25, 0.3) is 0 Å². The zero-order valence-corrected chi connectivity index (χ0v) is 7.84. The van der Waals surface area contributed by atoms with Gasteiger partial charge in [-0.25, -0.2) is 0 Å². The van der Waals surface area contributed by atoms with Crippen molar-refractivity contribution >= 4 is 5.91 Å². The molecule has 0 aliphatic rings. The normalized spacial score (nSPS) is 14.4. The van der Waals surface area contributed by atoms with Gasteiger partial charge in [0.25, 0.3) is 0 Å². The van der Waals surface area contributed by atoms with E-state index in [2.05, 4.69) is 0 Å². The third-order valence-electron chi connectivity index (χ3n) is 1.78. The maximum absolute atomic E-state index is 10.9.